The first-order valence-corrected chi connectivity index (χ1v) is 8.41. The summed E-state index contributed by atoms with van der Waals surface area (Å²) in [5.41, 5.74) is 1.23. The maximum atomic E-state index is 6.24. The fraction of sp³-hybridized carbons (Fsp3) is 0.733. The van der Waals surface area contributed by atoms with Crippen molar-refractivity contribution in [2.24, 2.45) is 5.92 Å². The van der Waals surface area contributed by atoms with Crippen LogP contribution in [0.5, 0.6) is 0 Å². The zero-order valence-electron chi connectivity index (χ0n) is 11.5. The van der Waals surface area contributed by atoms with Crippen LogP contribution >= 0.6 is 22.9 Å². The molecule has 1 nitrogen and oxygen atoms in total. The topological polar surface area (TPSA) is 12.0 Å². The summed E-state index contributed by atoms with van der Waals surface area (Å²) in [6.45, 7) is 5.45. The molecule has 0 aliphatic heterocycles. The van der Waals surface area contributed by atoms with Gasteiger partial charge in [0, 0.05) is 10.9 Å². The minimum Gasteiger partial charge on any atom is -0.309 e. The summed E-state index contributed by atoms with van der Waals surface area (Å²) in [7, 11) is 0. The van der Waals surface area contributed by atoms with E-state index in [2.05, 4.69) is 25.2 Å². The average Bonchev–Trinajstić information content (AvgIpc) is 2.71. The third-order valence-corrected chi connectivity index (χ3v) is 5.56. The highest BCUT2D eigenvalue weighted by atomic mass is 35.5. The smallest absolute Gasteiger partial charge is 0.0960 e. The zero-order chi connectivity index (χ0) is 13.0. The lowest BCUT2D eigenvalue weighted by atomic mass is 9.83. The van der Waals surface area contributed by atoms with Crippen LogP contribution < -0.4 is 5.32 Å². The maximum absolute atomic E-state index is 6.24. The molecule has 18 heavy (non-hydrogen) atoms. The van der Waals surface area contributed by atoms with E-state index in [1.54, 1.807) is 11.3 Å². The van der Waals surface area contributed by atoms with Crippen LogP contribution in [0.25, 0.3) is 0 Å². The van der Waals surface area contributed by atoms with Crippen LogP contribution in [0.3, 0.4) is 0 Å². The molecule has 0 saturated heterocycles. The van der Waals surface area contributed by atoms with Crippen LogP contribution in [0, 0.1) is 12.8 Å². The molecule has 1 aromatic heterocycles. The Morgan fingerprint density at radius 1 is 1.39 bits per heavy atom. The van der Waals surface area contributed by atoms with E-state index in [4.69, 9.17) is 11.6 Å². The Bertz CT molecular complexity index is 349. The number of aryl methyl sites for hydroxylation is 1. The van der Waals surface area contributed by atoms with Gasteiger partial charge in [0.1, 0.15) is 0 Å². The minimum atomic E-state index is 0.529. The van der Waals surface area contributed by atoms with Gasteiger partial charge in [0.05, 0.1) is 4.34 Å². The lowest BCUT2D eigenvalue weighted by Crippen LogP contribution is -2.29. The van der Waals surface area contributed by atoms with Gasteiger partial charge in [0.2, 0.25) is 0 Å². The van der Waals surface area contributed by atoms with Gasteiger partial charge in [-0.25, -0.2) is 0 Å². The van der Waals surface area contributed by atoms with Crippen molar-refractivity contribution in [3.8, 4) is 0 Å². The molecule has 1 unspecified atom stereocenters. The maximum Gasteiger partial charge on any atom is 0.0960 e. The predicted octanol–water partition coefficient (Wildman–Crippen LogP) is 5.33. The molecule has 0 radical (unpaired) electrons. The summed E-state index contributed by atoms with van der Waals surface area (Å²) < 4.78 is 0.962. The normalized spacial score (nSPS) is 19.1. The van der Waals surface area contributed by atoms with E-state index < -0.39 is 0 Å². The van der Waals surface area contributed by atoms with Crippen molar-refractivity contribution in [3.05, 3.63) is 20.8 Å². The molecule has 0 bridgehead atoms. The SMILES string of the molecule is CCCNC(c1cc(C)c(Cl)s1)C1CCCCC1. The van der Waals surface area contributed by atoms with E-state index in [0.29, 0.717) is 6.04 Å². The molecule has 1 heterocycles. The molecule has 0 aromatic carbocycles. The lowest BCUT2D eigenvalue weighted by Gasteiger charge is -2.30. The van der Waals surface area contributed by atoms with E-state index in [0.717, 1.165) is 16.8 Å². The quantitative estimate of drug-likeness (QED) is 0.771. The molecule has 1 saturated carbocycles. The molecule has 102 valence electrons. The third-order valence-electron chi connectivity index (χ3n) is 3.92. The first-order valence-electron chi connectivity index (χ1n) is 7.21. The Labute approximate surface area is 120 Å². The van der Waals surface area contributed by atoms with Crippen molar-refractivity contribution in [2.75, 3.05) is 6.54 Å². The molecule has 1 aromatic rings. The number of thiophene rings is 1. The summed E-state index contributed by atoms with van der Waals surface area (Å²) in [5.74, 6) is 0.805. The Morgan fingerprint density at radius 3 is 2.67 bits per heavy atom. The van der Waals surface area contributed by atoms with Gasteiger partial charge in [0.25, 0.3) is 0 Å². The number of halogens is 1. The molecule has 1 N–H and O–H groups in total. The molecule has 1 fully saturated rings. The largest absolute Gasteiger partial charge is 0.309 e. The second-order valence-electron chi connectivity index (χ2n) is 5.44. The lowest BCUT2D eigenvalue weighted by molar-refractivity contribution is 0.275. The molecule has 1 atom stereocenters. The van der Waals surface area contributed by atoms with Crippen LogP contribution in [0.1, 0.15) is 61.9 Å². The standard InChI is InChI=1S/C15H24ClNS/c1-3-9-17-14(12-7-5-4-6-8-12)13-10-11(2)15(16)18-13/h10,12,14,17H,3-9H2,1-2H3. The van der Waals surface area contributed by atoms with Crippen LogP contribution in [-0.2, 0) is 0 Å². The second-order valence-corrected chi connectivity index (χ2v) is 7.12. The van der Waals surface area contributed by atoms with Gasteiger partial charge < -0.3 is 5.32 Å². The summed E-state index contributed by atoms with van der Waals surface area (Å²) in [4.78, 5) is 1.44. The van der Waals surface area contributed by atoms with Crippen LogP contribution in [0.2, 0.25) is 4.34 Å². The molecule has 1 aliphatic rings. The fourth-order valence-electron chi connectivity index (χ4n) is 2.90. The number of nitrogens with one attached hydrogen (secondary N) is 1. The highest BCUT2D eigenvalue weighted by Gasteiger charge is 2.26. The Morgan fingerprint density at radius 2 is 2.11 bits per heavy atom. The van der Waals surface area contributed by atoms with Gasteiger partial charge in [0.15, 0.2) is 0 Å². The van der Waals surface area contributed by atoms with Gasteiger partial charge in [-0.05, 0) is 50.3 Å². The molecule has 0 spiro atoms. The molecular formula is C15H24ClNS. The average molecular weight is 286 g/mol. The molecule has 3 heteroatoms. The number of hydrogen-bond donors (Lipinski definition) is 1. The highest BCUT2D eigenvalue weighted by molar-refractivity contribution is 7.16. The van der Waals surface area contributed by atoms with Gasteiger partial charge in [-0.2, -0.15) is 0 Å². The first kappa shape index (κ1) is 14.4. The van der Waals surface area contributed by atoms with Crippen molar-refractivity contribution in [2.45, 2.75) is 58.4 Å². The Kier molecular flexibility index (Phi) is 5.53. The van der Waals surface area contributed by atoms with Gasteiger partial charge in [-0.1, -0.05) is 37.8 Å². The molecular weight excluding hydrogens is 262 g/mol. The van der Waals surface area contributed by atoms with E-state index in [-0.39, 0.29) is 0 Å². The molecule has 0 amide bonds. The molecule has 1 aliphatic carbocycles. The van der Waals surface area contributed by atoms with Crippen LogP contribution in [0.4, 0.5) is 0 Å². The number of hydrogen-bond acceptors (Lipinski definition) is 2. The van der Waals surface area contributed by atoms with Gasteiger partial charge in [-0.15, -0.1) is 11.3 Å². The minimum absolute atomic E-state index is 0.529. The summed E-state index contributed by atoms with van der Waals surface area (Å²) >= 11 is 8.01. The van der Waals surface area contributed by atoms with Crippen LogP contribution in [0.15, 0.2) is 6.07 Å². The third kappa shape index (κ3) is 3.49. The summed E-state index contributed by atoms with van der Waals surface area (Å²) in [6, 6.07) is 2.82. The first-order chi connectivity index (χ1) is 8.72. The predicted molar refractivity (Wildman–Crippen MR) is 81.7 cm³/mol. The number of rotatable bonds is 5. The van der Waals surface area contributed by atoms with E-state index in [1.165, 1.54) is 49.0 Å². The zero-order valence-corrected chi connectivity index (χ0v) is 13.0. The summed E-state index contributed by atoms with van der Waals surface area (Å²) in [6.07, 6.45) is 8.15. The van der Waals surface area contributed by atoms with E-state index in [1.807, 2.05) is 0 Å². The van der Waals surface area contributed by atoms with Crippen LogP contribution in [-0.4, -0.2) is 6.54 Å². The van der Waals surface area contributed by atoms with Crippen molar-refractivity contribution < 1.29 is 0 Å². The second kappa shape index (κ2) is 6.93. The van der Waals surface area contributed by atoms with Crippen molar-refractivity contribution in [3.63, 3.8) is 0 Å². The van der Waals surface area contributed by atoms with E-state index >= 15 is 0 Å². The summed E-state index contributed by atoms with van der Waals surface area (Å²) in [5, 5.41) is 3.75. The van der Waals surface area contributed by atoms with Gasteiger partial charge >= 0.3 is 0 Å². The van der Waals surface area contributed by atoms with Crippen molar-refractivity contribution in [1.82, 2.24) is 5.32 Å². The van der Waals surface area contributed by atoms with Gasteiger partial charge in [-0.3, -0.25) is 0 Å². The monoisotopic (exact) mass is 285 g/mol. The Balaban J connectivity index is 2.12. The fourth-order valence-corrected chi connectivity index (χ4v) is 4.29. The Hall–Kier alpha value is -0.0500. The van der Waals surface area contributed by atoms with E-state index in [9.17, 15) is 0 Å². The molecule has 2 rings (SSSR count). The van der Waals surface area contributed by atoms with Crippen molar-refractivity contribution in [1.29, 1.82) is 0 Å². The van der Waals surface area contributed by atoms with Crippen molar-refractivity contribution >= 4 is 22.9 Å². The highest BCUT2D eigenvalue weighted by Crippen LogP contribution is 2.39.